The van der Waals surface area contributed by atoms with E-state index in [0.29, 0.717) is 23.5 Å². The van der Waals surface area contributed by atoms with E-state index in [0.717, 1.165) is 44.5 Å². The molecular weight excluding hydrogens is 353 g/mol. The number of nitrogens with zero attached hydrogens (tertiary/aromatic N) is 5. The van der Waals surface area contributed by atoms with Gasteiger partial charge in [0.25, 0.3) is 0 Å². The van der Waals surface area contributed by atoms with E-state index in [-0.39, 0.29) is 0 Å². The highest BCUT2D eigenvalue weighted by atomic mass is 19.1. The monoisotopic (exact) mass is 375 g/mol. The SMILES string of the molecule is N#Cc1cccc(CCC2CC[C@H]3CN(c4ncc(F)cc4C#N)CCN23)c1. The molecule has 4 rings (SSSR count). The quantitative estimate of drug-likeness (QED) is 0.821. The van der Waals surface area contributed by atoms with E-state index in [4.69, 9.17) is 5.26 Å². The van der Waals surface area contributed by atoms with E-state index in [9.17, 15) is 9.65 Å². The van der Waals surface area contributed by atoms with Crippen molar-refractivity contribution in [3.8, 4) is 12.1 Å². The summed E-state index contributed by atoms with van der Waals surface area (Å²) in [5, 5.41) is 18.4. The van der Waals surface area contributed by atoms with Crippen LogP contribution in [0.5, 0.6) is 0 Å². The van der Waals surface area contributed by atoms with Crippen molar-refractivity contribution in [1.82, 2.24) is 9.88 Å². The van der Waals surface area contributed by atoms with E-state index in [1.165, 1.54) is 24.2 Å². The van der Waals surface area contributed by atoms with Crippen LogP contribution in [-0.2, 0) is 6.42 Å². The number of aryl methyl sites for hydroxylation is 1. The summed E-state index contributed by atoms with van der Waals surface area (Å²) in [7, 11) is 0. The first-order valence-electron chi connectivity index (χ1n) is 9.73. The van der Waals surface area contributed by atoms with E-state index in [2.05, 4.69) is 33.0 Å². The van der Waals surface area contributed by atoms with Crippen LogP contribution in [0.25, 0.3) is 0 Å². The van der Waals surface area contributed by atoms with Crippen LogP contribution in [0.3, 0.4) is 0 Å². The zero-order chi connectivity index (χ0) is 19.5. The minimum absolute atomic E-state index is 0.306. The predicted molar refractivity (Wildman–Crippen MR) is 104 cm³/mol. The van der Waals surface area contributed by atoms with Gasteiger partial charge in [-0.2, -0.15) is 10.5 Å². The molecule has 0 spiro atoms. The molecule has 2 fully saturated rings. The number of piperazine rings is 1. The highest BCUT2D eigenvalue weighted by molar-refractivity contribution is 5.54. The molecule has 0 saturated carbocycles. The van der Waals surface area contributed by atoms with Crippen LogP contribution in [0, 0.1) is 28.5 Å². The number of hydrogen-bond donors (Lipinski definition) is 0. The molecule has 0 amide bonds. The van der Waals surface area contributed by atoms with Crippen molar-refractivity contribution in [3.63, 3.8) is 0 Å². The van der Waals surface area contributed by atoms with Crippen molar-refractivity contribution < 1.29 is 4.39 Å². The third-order valence-electron chi connectivity index (χ3n) is 5.91. The number of rotatable bonds is 4. The summed E-state index contributed by atoms with van der Waals surface area (Å²) in [5.41, 5.74) is 2.24. The lowest BCUT2D eigenvalue weighted by molar-refractivity contribution is 0.168. The fourth-order valence-electron chi connectivity index (χ4n) is 4.56. The molecule has 1 aromatic carbocycles. The molecule has 3 heterocycles. The number of fused-ring (bicyclic) bond motifs is 1. The Kier molecular flexibility index (Phi) is 5.23. The second kappa shape index (κ2) is 7.96. The lowest BCUT2D eigenvalue weighted by atomic mass is 10.0. The van der Waals surface area contributed by atoms with Crippen molar-refractivity contribution in [3.05, 3.63) is 59.0 Å². The van der Waals surface area contributed by atoms with Crippen LogP contribution in [0.2, 0.25) is 0 Å². The predicted octanol–water partition coefficient (Wildman–Crippen LogP) is 3.25. The highest BCUT2D eigenvalue weighted by Crippen LogP contribution is 2.32. The number of pyridine rings is 1. The summed E-state index contributed by atoms with van der Waals surface area (Å²) in [5.74, 6) is 0.126. The van der Waals surface area contributed by atoms with Gasteiger partial charge in [0.15, 0.2) is 0 Å². The minimum atomic E-state index is -0.472. The molecule has 5 nitrogen and oxygen atoms in total. The van der Waals surface area contributed by atoms with Gasteiger partial charge in [-0.25, -0.2) is 9.37 Å². The van der Waals surface area contributed by atoms with Gasteiger partial charge in [-0.3, -0.25) is 4.90 Å². The molecule has 28 heavy (non-hydrogen) atoms. The maximum absolute atomic E-state index is 13.4. The van der Waals surface area contributed by atoms with Crippen LogP contribution < -0.4 is 4.90 Å². The Morgan fingerprint density at radius 1 is 1.14 bits per heavy atom. The molecule has 0 radical (unpaired) electrons. The van der Waals surface area contributed by atoms with E-state index in [1.807, 2.05) is 18.2 Å². The Morgan fingerprint density at radius 3 is 2.86 bits per heavy atom. The Balaban J connectivity index is 1.39. The minimum Gasteiger partial charge on any atom is -0.353 e. The number of aromatic nitrogens is 1. The smallest absolute Gasteiger partial charge is 0.146 e. The van der Waals surface area contributed by atoms with Crippen molar-refractivity contribution in [1.29, 1.82) is 10.5 Å². The van der Waals surface area contributed by atoms with E-state index < -0.39 is 5.82 Å². The van der Waals surface area contributed by atoms with Gasteiger partial charge in [-0.1, -0.05) is 12.1 Å². The van der Waals surface area contributed by atoms with Crippen LogP contribution in [0.4, 0.5) is 10.2 Å². The second-order valence-corrected chi connectivity index (χ2v) is 7.56. The molecule has 1 aromatic heterocycles. The molecule has 0 aliphatic carbocycles. The summed E-state index contributed by atoms with van der Waals surface area (Å²) in [4.78, 5) is 8.89. The van der Waals surface area contributed by atoms with E-state index >= 15 is 0 Å². The molecule has 142 valence electrons. The Bertz CT molecular complexity index is 945. The maximum Gasteiger partial charge on any atom is 0.146 e. The molecule has 0 bridgehead atoms. The molecule has 2 saturated heterocycles. The Hall–Kier alpha value is -2.96. The molecule has 0 N–H and O–H groups in total. The zero-order valence-corrected chi connectivity index (χ0v) is 15.7. The van der Waals surface area contributed by atoms with Crippen LogP contribution in [-0.4, -0.2) is 41.6 Å². The topological polar surface area (TPSA) is 67.0 Å². The normalized spacial score (nSPS) is 21.8. The fraction of sp³-hybridized carbons (Fsp3) is 0.409. The highest BCUT2D eigenvalue weighted by Gasteiger charge is 2.37. The zero-order valence-electron chi connectivity index (χ0n) is 15.7. The number of benzene rings is 1. The van der Waals surface area contributed by atoms with Crippen molar-refractivity contribution in [2.24, 2.45) is 0 Å². The Morgan fingerprint density at radius 2 is 2.04 bits per heavy atom. The number of nitriles is 2. The van der Waals surface area contributed by atoms with E-state index in [1.54, 1.807) is 0 Å². The van der Waals surface area contributed by atoms with Crippen molar-refractivity contribution in [2.45, 2.75) is 37.8 Å². The van der Waals surface area contributed by atoms with Crippen molar-refractivity contribution >= 4 is 5.82 Å². The number of anilines is 1. The largest absolute Gasteiger partial charge is 0.353 e. The molecule has 2 aliphatic rings. The van der Waals surface area contributed by atoms with Gasteiger partial charge in [0.1, 0.15) is 17.7 Å². The molecule has 2 aromatic rings. The van der Waals surface area contributed by atoms with Crippen LogP contribution >= 0.6 is 0 Å². The Labute approximate surface area is 164 Å². The average Bonchev–Trinajstić information content (AvgIpc) is 3.14. The van der Waals surface area contributed by atoms with Gasteiger partial charge in [0.05, 0.1) is 23.4 Å². The van der Waals surface area contributed by atoms with Gasteiger partial charge in [-0.15, -0.1) is 0 Å². The maximum atomic E-state index is 13.4. The average molecular weight is 375 g/mol. The lowest BCUT2D eigenvalue weighted by Crippen LogP contribution is -2.53. The summed E-state index contributed by atoms with van der Waals surface area (Å²) < 4.78 is 13.4. The molecule has 2 aliphatic heterocycles. The standard InChI is InChI=1S/C22H22FN5/c23-19-11-18(13-25)22(26-14-19)27-8-9-28-20(6-7-21(28)15-27)5-4-16-2-1-3-17(10-16)12-24/h1-3,10-11,14,20-21H,4-9,15H2/t20?,21-/m0/s1. The van der Waals surface area contributed by atoms with Gasteiger partial charge >= 0.3 is 0 Å². The van der Waals surface area contributed by atoms with Gasteiger partial charge < -0.3 is 4.90 Å². The van der Waals surface area contributed by atoms with Gasteiger partial charge in [0, 0.05) is 31.7 Å². The number of hydrogen-bond acceptors (Lipinski definition) is 5. The fourth-order valence-corrected chi connectivity index (χ4v) is 4.56. The van der Waals surface area contributed by atoms with Crippen LogP contribution in [0.1, 0.15) is 36.0 Å². The summed E-state index contributed by atoms with van der Waals surface area (Å²) in [6, 6.07) is 14.4. The first kappa shape index (κ1) is 18.4. The van der Waals surface area contributed by atoms with Crippen molar-refractivity contribution in [2.75, 3.05) is 24.5 Å². The number of halogens is 1. The van der Waals surface area contributed by atoms with Gasteiger partial charge in [-0.05, 0) is 49.4 Å². The summed E-state index contributed by atoms with van der Waals surface area (Å²) >= 11 is 0. The molecule has 1 unspecified atom stereocenters. The second-order valence-electron chi connectivity index (χ2n) is 7.56. The lowest BCUT2D eigenvalue weighted by Gasteiger charge is -2.41. The van der Waals surface area contributed by atoms with Crippen LogP contribution in [0.15, 0.2) is 36.5 Å². The first-order valence-corrected chi connectivity index (χ1v) is 9.73. The molecule has 2 atom stereocenters. The third-order valence-corrected chi connectivity index (χ3v) is 5.91. The summed E-state index contributed by atoms with van der Waals surface area (Å²) in [6.45, 7) is 2.55. The first-order chi connectivity index (χ1) is 13.7. The van der Waals surface area contributed by atoms with Gasteiger partial charge in [0.2, 0.25) is 0 Å². The summed E-state index contributed by atoms with van der Waals surface area (Å²) in [6.07, 6.45) is 5.55. The molecular formula is C22H22FN5. The molecule has 6 heteroatoms. The third kappa shape index (κ3) is 3.69.